The second-order valence-electron chi connectivity index (χ2n) is 4.11. The number of Topliss-reactive ketones (excluding diaryl/α,β-unsaturated/α-hetero) is 1. The van der Waals surface area contributed by atoms with Gasteiger partial charge in [0.2, 0.25) is 5.91 Å². The van der Waals surface area contributed by atoms with Crippen LogP contribution in [0, 0.1) is 5.92 Å². The molecule has 0 aromatic rings. The standard InChI is InChI=1S/C12H19NO2/c1-4-9(3)12(15)10-7-6-8-13(10)11(14)5-2/h5,9-10H,2,4,6-8H2,1,3H3/t9?,10-/m0/s1. The van der Waals surface area contributed by atoms with Crippen LogP contribution in [0.15, 0.2) is 12.7 Å². The Kier molecular flexibility index (Phi) is 4.06. The summed E-state index contributed by atoms with van der Waals surface area (Å²) in [4.78, 5) is 25.1. The molecule has 15 heavy (non-hydrogen) atoms. The lowest BCUT2D eigenvalue weighted by Gasteiger charge is -2.24. The summed E-state index contributed by atoms with van der Waals surface area (Å²) in [5, 5.41) is 0. The first-order chi connectivity index (χ1) is 7.11. The minimum Gasteiger partial charge on any atom is -0.329 e. The molecule has 3 heteroatoms. The maximum Gasteiger partial charge on any atom is 0.246 e. The molecular weight excluding hydrogens is 190 g/mol. The van der Waals surface area contributed by atoms with E-state index in [4.69, 9.17) is 0 Å². The summed E-state index contributed by atoms with van der Waals surface area (Å²) in [6.07, 6.45) is 3.86. The van der Waals surface area contributed by atoms with Gasteiger partial charge in [-0.2, -0.15) is 0 Å². The SMILES string of the molecule is C=CC(=O)N1CCC[C@H]1C(=O)C(C)CC. The van der Waals surface area contributed by atoms with E-state index in [9.17, 15) is 9.59 Å². The van der Waals surface area contributed by atoms with E-state index >= 15 is 0 Å². The van der Waals surface area contributed by atoms with Crippen LogP contribution in [0.3, 0.4) is 0 Å². The van der Waals surface area contributed by atoms with E-state index in [-0.39, 0.29) is 23.7 Å². The molecule has 1 heterocycles. The minimum absolute atomic E-state index is 0.0493. The number of likely N-dealkylation sites (tertiary alicyclic amines) is 1. The fourth-order valence-corrected chi connectivity index (χ4v) is 1.97. The Morgan fingerprint density at radius 3 is 2.80 bits per heavy atom. The van der Waals surface area contributed by atoms with Gasteiger partial charge in [-0.15, -0.1) is 0 Å². The van der Waals surface area contributed by atoms with Crippen LogP contribution in [0.5, 0.6) is 0 Å². The number of nitrogens with zero attached hydrogens (tertiary/aromatic N) is 1. The van der Waals surface area contributed by atoms with Crippen molar-refractivity contribution < 1.29 is 9.59 Å². The minimum atomic E-state index is -0.203. The third-order valence-corrected chi connectivity index (χ3v) is 3.14. The molecule has 1 saturated heterocycles. The predicted octanol–water partition coefficient (Wildman–Crippen LogP) is 1.78. The van der Waals surface area contributed by atoms with Gasteiger partial charge in [0, 0.05) is 12.5 Å². The van der Waals surface area contributed by atoms with Crippen molar-refractivity contribution in [3.63, 3.8) is 0 Å². The zero-order valence-electron chi connectivity index (χ0n) is 9.53. The Balaban J connectivity index is 2.72. The van der Waals surface area contributed by atoms with Gasteiger partial charge < -0.3 is 4.90 Å². The molecule has 1 aliphatic rings. The van der Waals surface area contributed by atoms with Crippen molar-refractivity contribution in [3.05, 3.63) is 12.7 Å². The van der Waals surface area contributed by atoms with Gasteiger partial charge in [-0.3, -0.25) is 9.59 Å². The van der Waals surface area contributed by atoms with Crippen molar-refractivity contribution in [2.75, 3.05) is 6.54 Å². The second-order valence-corrected chi connectivity index (χ2v) is 4.11. The number of amides is 1. The molecule has 0 aromatic heterocycles. The summed E-state index contributed by atoms with van der Waals surface area (Å²) in [6.45, 7) is 8.08. The molecule has 3 nitrogen and oxygen atoms in total. The molecule has 2 atom stereocenters. The predicted molar refractivity (Wildman–Crippen MR) is 59.4 cm³/mol. The molecule has 0 aliphatic carbocycles. The van der Waals surface area contributed by atoms with Crippen molar-refractivity contribution in [2.45, 2.75) is 39.2 Å². The van der Waals surface area contributed by atoms with Gasteiger partial charge in [0.15, 0.2) is 5.78 Å². The molecule has 84 valence electrons. The highest BCUT2D eigenvalue weighted by molar-refractivity contribution is 5.94. The zero-order valence-corrected chi connectivity index (χ0v) is 9.53. The van der Waals surface area contributed by atoms with Gasteiger partial charge in [-0.25, -0.2) is 0 Å². The molecule has 1 unspecified atom stereocenters. The maximum atomic E-state index is 12.0. The van der Waals surface area contributed by atoms with Crippen LogP contribution in [0.25, 0.3) is 0 Å². The second kappa shape index (κ2) is 5.10. The number of carbonyl (C=O) groups excluding carboxylic acids is 2. The Hall–Kier alpha value is -1.12. The molecule has 0 radical (unpaired) electrons. The quantitative estimate of drug-likeness (QED) is 0.662. The van der Waals surface area contributed by atoms with Crippen molar-refractivity contribution in [1.29, 1.82) is 0 Å². The lowest BCUT2D eigenvalue weighted by molar-refractivity contribution is -0.135. The number of carbonyl (C=O) groups is 2. The van der Waals surface area contributed by atoms with Crippen LogP contribution in [-0.2, 0) is 9.59 Å². The number of rotatable bonds is 4. The fraction of sp³-hybridized carbons (Fsp3) is 0.667. The third kappa shape index (κ3) is 2.46. The summed E-state index contributed by atoms with van der Waals surface area (Å²) in [7, 11) is 0. The number of hydrogen-bond donors (Lipinski definition) is 0. The molecule has 1 fully saturated rings. The topological polar surface area (TPSA) is 37.4 Å². The number of ketones is 1. The van der Waals surface area contributed by atoms with Crippen molar-refractivity contribution in [1.82, 2.24) is 4.90 Å². The first-order valence-electron chi connectivity index (χ1n) is 5.58. The first-order valence-corrected chi connectivity index (χ1v) is 5.58. The summed E-state index contributed by atoms with van der Waals surface area (Å²) in [5.41, 5.74) is 0. The van der Waals surface area contributed by atoms with E-state index in [1.54, 1.807) is 4.90 Å². The average molecular weight is 209 g/mol. The summed E-state index contributed by atoms with van der Waals surface area (Å²) >= 11 is 0. The van der Waals surface area contributed by atoms with E-state index in [1.165, 1.54) is 6.08 Å². The van der Waals surface area contributed by atoms with Crippen molar-refractivity contribution >= 4 is 11.7 Å². The van der Waals surface area contributed by atoms with Gasteiger partial charge >= 0.3 is 0 Å². The molecule has 1 aliphatic heterocycles. The molecule has 1 amide bonds. The highest BCUT2D eigenvalue weighted by Gasteiger charge is 2.34. The summed E-state index contributed by atoms with van der Waals surface area (Å²) in [5.74, 6) is 0.132. The average Bonchev–Trinajstić information content (AvgIpc) is 2.74. The van der Waals surface area contributed by atoms with Crippen LogP contribution < -0.4 is 0 Å². The first kappa shape index (κ1) is 12.0. The van der Waals surface area contributed by atoms with Crippen LogP contribution in [-0.4, -0.2) is 29.2 Å². The van der Waals surface area contributed by atoms with Crippen LogP contribution >= 0.6 is 0 Å². The largest absolute Gasteiger partial charge is 0.329 e. The van der Waals surface area contributed by atoms with Crippen molar-refractivity contribution in [2.24, 2.45) is 5.92 Å². The van der Waals surface area contributed by atoms with Gasteiger partial charge in [0.05, 0.1) is 6.04 Å². The van der Waals surface area contributed by atoms with Crippen LogP contribution in [0.4, 0.5) is 0 Å². The number of hydrogen-bond acceptors (Lipinski definition) is 2. The normalized spacial score (nSPS) is 22.5. The third-order valence-electron chi connectivity index (χ3n) is 3.14. The molecule has 0 aromatic carbocycles. The van der Waals surface area contributed by atoms with E-state index in [0.717, 1.165) is 19.3 Å². The van der Waals surface area contributed by atoms with Gasteiger partial charge in [0.25, 0.3) is 0 Å². The van der Waals surface area contributed by atoms with E-state index in [1.807, 2.05) is 13.8 Å². The Bertz CT molecular complexity index is 273. The van der Waals surface area contributed by atoms with E-state index < -0.39 is 0 Å². The van der Waals surface area contributed by atoms with Gasteiger partial charge in [-0.1, -0.05) is 20.4 Å². The smallest absolute Gasteiger partial charge is 0.246 e. The highest BCUT2D eigenvalue weighted by atomic mass is 16.2. The lowest BCUT2D eigenvalue weighted by Crippen LogP contribution is -2.41. The molecule has 0 spiro atoms. The summed E-state index contributed by atoms with van der Waals surface area (Å²) < 4.78 is 0. The Morgan fingerprint density at radius 1 is 1.60 bits per heavy atom. The highest BCUT2D eigenvalue weighted by Crippen LogP contribution is 2.22. The molecule has 0 bridgehead atoms. The summed E-state index contributed by atoms with van der Waals surface area (Å²) in [6, 6.07) is -0.203. The Labute approximate surface area is 91.1 Å². The molecule has 1 rings (SSSR count). The monoisotopic (exact) mass is 209 g/mol. The van der Waals surface area contributed by atoms with Crippen molar-refractivity contribution in [3.8, 4) is 0 Å². The molecule has 0 saturated carbocycles. The molecule has 0 N–H and O–H groups in total. The van der Waals surface area contributed by atoms with Crippen LogP contribution in [0.1, 0.15) is 33.1 Å². The lowest BCUT2D eigenvalue weighted by atomic mass is 9.96. The zero-order chi connectivity index (χ0) is 11.4. The van der Waals surface area contributed by atoms with E-state index in [2.05, 4.69) is 6.58 Å². The van der Waals surface area contributed by atoms with Crippen LogP contribution in [0.2, 0.25) is 0 Å². The van der Waals surface area contributed by atoms with Gasteiger partial charge in [-0.05, 0) is 25.3 Å². The van der Waals surface area contributed by atoms with E-state index in [0.29, 0.717) is 6.54 Å². The molecular formula is C12H19NO2. The van der Waals surface area contributed by atoms with Gasteiger partial charge in [0.1, 0.15) is 0 Å². The fourth-order valence-electron chi connectivity index (χ4n) is 1.97. The maximum absolute atomic E-state index is 12.0. The Morgan fingerprint density at radius 2 is 2.27 bits per heavy atom.